The molecule has 112 valence electrons. The van der Waals surface area contributed by atoms with Gasteiger partial charge >= 0.3 is 0 Å². The van der Waals surface area contributed by atoms with E-state index in [1.54, 1.807) is 0 Å². The summed E-state index contributed by atoms with van der Waals surface area (Å²) in [6.45, 7) is 0. The Morgan fingerprint density at radius 3 is 2.00 bits per heavy atom. The molecule has 3 aromatic carbocycles. The Bertz CT molecular complexity index is 857. The maximum Gasteiger partial charge on any atom is 0.149 e. The molecule has 0 spiro atoms. The van der Waals surface area contributed by atoms with Gasteiger partial charge in [0, 0.05) is 17.8 Å². The van der Waals surface area contributed by atoms with Crippen molar-refractivity contribution in [3.63, 3.8) is 0 Å². The molecule has 2 nitrogen and oxygen atoms in total. The zero-order valence-corrected chi connectivity index (χ0v) is 12.6. The van der Waals surface area contributed by atoms with Crippen LogP contribution in [0.25, 0.3) is 10.9 Å². The van der Waals surface area contributed by atoms with E-state index in [1.165, 1.54) is 5.39 Å². The predicted molar refractivity (Wildman–Crippen MR) is 93.7 cm³/mol. The van der Waals surface area contributed by atoms with E-state index in [9.17, 15) is 0 Å². The van der Waals surface area contributed by atoms with Crippen LogP contribution >= 0.6 is 0 Å². The molecular weight excluding hydrogens is 282 g/mol. The summed E-state index contributed by atoms with van der Waals surface area (Å²) in [5.41, 5.74) is 3.37. The van der Waals surface area contributed by atoms with Gasteiger partial charge in [-0.05, 0) is 34.7 Å². The van der Waals surface area contributed by atoms with Crippen LogP contribution in [0.1, 0.15) is 17.2 Å². The van der Waals surface area contributed by atoms with Crippen LogP contribution in [0.5, 0.6) is 5.75 Å². The highest BCUT2D eigenvalue weighted by Crippen LogP contribution is 2.29. The van der Waals surface area contributed by atoms with Crippen LogP contribution in [-0.4, -0.2) is 4.98 Å². The molecule has 1 N–H and O–H groups in total. The third-order valence-corrected chi connectivity index (χ3v) is 3.99. The van der Waals surface area contributed by atoms with Gasteiger partial charge in [-0.3, -0.25) is 0 Å². The summed E-state index contributed by atoms with van der Waals surface area (Å²) in [5.74, 6) is 0.859. The lowest BCUT2D eigenvalue weighted by molar-refractivity contribution is 0.247. The van der Waals surface area contributed by atoms with Gasteiger partial charge in [0.05, 0.1) is 0 Å². The van der Waals surface area contributed by atoms with Crippen molar-refractivity contribution in [2.75, 3.05) is 0 Å². The lowest BCUT2D eigenvalue weighted by atomic mass is 10.0. The second-order valence-corrected chi connectivity index (χ2v) is 5.55. The molecule has 0 fully saturated rings. The SMILES string of the molecule is c1ccc(C(Oc2ccc3cc[nH]c3c2)c2ccccc2)cc1. The third-order valence-electron chi connectivity index (χ3n) is 3.99. The van der Waals surface area contributed by atoms with Gasteiger partial charge in [-0.1, -0.05) is 60.7 Å². The number of nitrogens with one attached hydrogen (secondary N) is 1. The first-order chi connectivity index (χ1) is 11.4. The zero-order chi connectivity index (χ0) is 15.5. The molecule has 0 bridgehead atoms. The van der Waals surface area contributed by atoms with Crippen LogP contribution in [0.3, 0.4) is 0 Å². The number of ether oxygens (including phenoxy) is 1. The summed E-state index contributed by atoms with van der Waals surface area (Å²) < 4.78 is 6.34. The lowest BCUT2D eigenvalue weighted by Gasteiger charge is -2.20. The van der Waals surface area contributed by atoms with E-state index >= 15 is 0 Å². The van der Waals surface area contributed by atoms with Gasteiger partial charge in [0.2, 0.25) is 0 Å². The first-order valence-corrected chi connectivity index (χ1v) is 7.74. The van der Waals surface area contributed by atoms with Crippen molar-refractivity contribution in [2.45, 2.75) is 6.10 Å². The Balaban J connectivity index is 1.73. The van der Waals surface area contributed by atoms with Crippen LogP contribution < -0.4 is 4.74 Å². The Morgan fingerprint density at radius 1 is 0.696 bits per heavy atom. The van der Waals surface area contributed by atoms with E-state index in [4.69, 9.17) is 4.74 Å². The average molecular weight is 299 g/mol. The topological polar surface area (TPSA) is 25.0 Å². The Hall–Kier alpha value is -3.00. The van der Waals surface area contributed by atoms with E-state index in [0.29, 0.717) is 0 Å². The maximum absolute atomic E-state index is 6.34. The summed E-state index contributed by atoms with van der Waals surface area (Å²) in [5, 5.41) is 1.19. The maximum atomic E-state index is 6.34. The van der Waals surface area contributed by atoms with Crippen molar-refractivity contribution in [3.8, 4) is 5.75 Å². The largest absolute Gasteiger partial charge is 0.481 e. The fourth-order valence-corrected chi connectivity index (χ4v) is 2.82. The average Bonchev–Trinajstić information content (AvgIpc) is 3.09. The lowest BCUT2D eigenvalue weighted by Crippen LogP contribution is -2.09. The zero-order valence-electron chi connectivity index (χ0n) is 12.6. The van der Waals surface area contributed by atoms with Gasteiger partial charge in [0.1, 0.15) is 11.9 Å². The van der Waals surface area contributed by atoms with Gasteiger partial charge in [-0.15, -0.1) is 0 Å². The van der Waals surface area contributed by atoms with Crippen LogP contribution in [0.4, 0.5) is 0 Å². The van der Waals surface area contributed by atoms with Crippen molar-refractivity contribution in [3.05, 3.63) is 102 Å². The molecule has 2 heteroatoms. The summed E-state index contributed by atoms with van der Waals surface area (Å²) in [6, 6.07) is 28.8. The minimum atomic E-state index is -0.121. The number of benzene rings is 3. The van der Waals surface area contributed by atoms with Gasteiger partial charge in [-0.25, -0.2) is 0 Å². The van der Waals surface area contributed by atoms with Crippen molar-refractivity contribution >= 4 is 10.9 Å². The minimum Gasteiger partial charge on any atom is -0.481 e. The number of hydrogen-bond donors (Lipinski definition) is 1. The summed E-state index contributed by atoms with van der Waals surface area (Å²) in [7, 11) is 0. The van der Waals surface area contributed by atoms with Gasteiger partial charge in [0.15, 0.2) is 0 Å². The number of H-pyrrole nitrogens is 1. The van der Waals surface area contributed by atoms with Crippen molar-refractivity contribution < 1.29 is 4.74 Å². The van der Waals surface area contributed by atoms with E-state index in [1.807, 2.05) is 54.7 Å². The molecule has 1 heterocycles. The molecule has 0 saturated carbocycles. The van der Waals surface area contributed by atoms with Crippen LogP contribution in [0.2, 0.25) is 0 Å². The predicted octanol–water partition coefficient (Wildman–Crippen LogP) is 5.34. The monoisotopic (exact) mass is 299 g/mol. The van der Waals surface area contributed by atoms with Gasteiger partial charge in [-0.2, -0.15) is 0 Å². The molecule has 0 aliphatic heterocycles. The fraction of sp³-hybridized carbons (Fsp3) is 0.0476. The van der Waals surface area contributed by atoms with E-state index in [0.717, 1.165) is 22.4 Å². The second-order valence-electron chi connectivity index (χ2n) is 5.55. The number of hydrogen-bond acceptors (Lipinski definition) is 1. The van der Waals surface area contributed by atoms with Gasteiger partial charge in [0.25, 0.3) is 0 Å². The van der Waals surface area contributed by atoms with Gasteiger partial charge < -0.3 is 9.72 Å². The fourth-order valence-electron chi connectivity index (χ4n) is 2.82. The van der Waals surface area contributed by atoms with E-state index in [-0.39, 0.29) is 6.10 Å². The summed E-state index contributed by atoms with van der Waals surface area (Å²) in [6.07, 6.45) is 1.82. The van der Waals surface area contributed by atoms with Crippen LogP contribution in [0.15, 0.2) is 91.1 Å². The molecule has 4 aromatic rings. The smallest absolute Gasteiger partial charge is 0.149 e. The van der Waals surface area contributed by atoms with Crippen LogP contribution in [0, 0.1) is 0 Å². The standard InChI is InChI=1S/C21H17NO/c1-3-7-17(8-4-1)21(18-9-5-2-6-10-18)23-19-12-11-16-13-14-22-20(16)15-19/h1-15,21-22H. The van der Waals surface area contributed by atoms with E-state index in [2.05, 4.69) is 41.4 Å². The van der Waals surface area contributed by atoms with Crippen molar-refractivity contribution in [1.29, 1.82) is 0 Å². The second kappa shape index (κ2) is 6.01. The molecule has 0 aliphatic rings. The number of rotatable bonds is 4. The molecular formula is C21H17NO. The number of aromatic nitrogens is 1. The summed E-state index contributed by atoms with van der Waals surface area (Å²) >= 11 is 0. The normalized spacial score (nSPS) is 11.0. The highest BCUT2D eigenvalue weighted by Gasteiger charge is 2.15. The first kappa shape index (κ1) is 13.6. The summed E-state index contributed by atoms with van der Waals surface area (Å²) in [4.78, 5) is 3.23. The Labute approximate surface area is 135 Å². The van der Waals surface area contributed by atoms with Crippen LogP contribution in [-0.2, 0) is 0 Å². The minimum absolute atomic E-state index is 0.121. The molecule has 0 atom stereocenters. The van der Waals surface area contributed by atoms with E-state index < -0.39 is 0 Å². The Morgan fingerprint density at radius 2 is 1.35 bits per heavy atom. The molecule has 0 radical (unpaired) electrons. The molecule has 0 unspecified atom stereocenters. The number of fused-ring (bicyclic) bond motifs is 1. The van der Waals surface area contributed by atoms with Crippen molar-refractivity contribution in [2.24, 2.45) is 0 Å². The highest BCUT2D eigenvalue weighted by molar-refractivity contribution is 5.80. The Kier molecular flexibility index (Phi) is 3.57. The quantitative estimate of drug-likeness (QED) is 0.541. The molecule has 0 aliphatic carbocycles. The van der Waals surface area contributed by atoms with Crippen molar-refractivity contribution in [1.82, 2.24) is 4.98 Å². The first-order valence-electron chi connectivity index (χ1n) is 7.74. The molecule has 1 aromatic heterocycles. The molecule has 4 rings (SSSR count). The highest BCUT2D eigenvalue weighted by atomic mass is 16.5. The molecule has 0 amide bonds. The third kappa shape index (κ3) is 2.84. The molecule has 0 saturated heterocycles. The number of aromatic amines is 1. The molecule has 23 heavy (non-hydrogen) atoms.